The number of para-hydroxylation sites is 2. The molecule has 2 aromatic carbocycles. The van der Waals surface area contributed by atoms with Crippen molar-refractivity contribution >= 4 is 23.2 Å². The molecule has 1 heterocycles. The minimum atomic E-state index is -0.228. The topological polar surface area (TPSA) is 58.6 Å². The van der Waals surface area contributed by atoms with Crippen LogP contribution in [0, 0.1) is 0 Å². The molecule has 1 aliphatic heterocycles. The number of rotatable bonds is 2. The zero-order valence-electron chi connectivity index (χ0n) is 13.1. The van der Waals surface area contributed by atoms with E-state index in [9.17, 15) is 9.59 Å². The van der Waals surface area contributed by atoms with Gasteiger partial charge in [0.05, 0.1) is 18.5 Å². The van der Waals surface area contributed by atoms with Crippen molar-refractivity contribution in [3.8, 4) is 5.75 Å². The number of anilines is 2. The first-order valence-corrected chi connectivity index (χ1v) is 7.46. The standard InChI is InChI=1S/C18H18N2O3/c1-12-11-17(21)19-15-5-3-4-6-16(15)20(12)18(22)13-7-9-14(23-2)10-8-13/h3-10,12H,11H2,1-2H3,(H,19,21)/t12-/m0/s1. The number of ether oxygens (including phenoxy) is 1. The molecule has 0 saturated heterocycles. The lowest BCUT2D eigenvalue weighted by atomic mass is 10.1. The Labute approximate surface area is 134 Å². The van der Waals surface area contributed by atoms with E-state index >= 15 is 0 Å². The summed E-state index contributed by atoms with van der Waals surface area (Å²) in [5, 5.41) is 2.85. The monoisotopic (exact) mass is 310 g/mol. The molecule has 118 valence electrons. The average molecular weight is 310 g/mol. The summed E-state index contributed by atoms with van der Waals surface area (Å²) in [6.07, 6.45) is 0.260. The van der Waals surface area contributed by atoms with Gasteiger partial charge in [0.2, 0.25) is 5.91 Å². The van der Waals surface area contributed by atoms with Crippen molar-refractivity contribution in [2.75, 3.05) is 17.3 Å². The maximum absolute atomic E-state index is 13.0. The molecule has 0 aromatic heterocycles. The van der Waals surface area contributed by atoms with E-state index in [-0.39, 0.29) is 24.3 Å². The molecule has 0 unspecified atom stereocenters. The number of hydrogen-bond donors (Lipinski definition) is 1. The van der Waals surface area contributed by atoms with Crippen molar-refractivity contribution in [3.63, 3.8) is 0 Å². The summed E-state index contributed by atoms with van der Waals surface area (Å²) in [6, 6.07) is 14.1. The van der Waals surface area contributed by atoms with Gasteiger partial charge in [-0.1, -0.05) is 12.1 Å². The van der Waals surface area contributed by atoms with Crippen LogP contribution in [0.3, 0.4) is 0 Å². The predicted octanol–water partition coefficient (Wildman–Crippen LogP) is 3.07. The molecular formula is C18H18N2O3. The fourth-order valence-electron chi connectivity index (χ4n) is 2.77. The number of methoxy groups -OCH3 is 1. The number of nitrogens with zero attached hydrogens (tertiary/aromatic N) is 1. The van der Waals surface area contributed by atoms with Crippen LogP contribution in [0.2, 0.25) is 0 Å². The van der Waals surface area contributed by atoms with Gasteiger partial charge in [-0.3, -0.25) is 9.59 Å². The van der Waals surface area contributed by atoms with Gasteiger partial charge >= 0.3 is 0 Å². The fraction of sp³-hybridized carbons (Fsp3) is 0.222. The first-order valence-electron chi connectivity index (χ1n) is 7.46. The molecule has 0 saturated carbocycles. The van der Waals surface area contributed by atoms with E-state index in [1.165, 1.54) is 0 Å². The predicted molar refractivity (Wildman–Crippen MR) is 89.0 cm³/mol. The van der Waals surface area contributed by atoms with Crippen molar-refractivity contribution < 1.29 is 14.3 Å². The Morgan fingerprint density at radius 3 is 2.57 bits per heavy atom. The second-order valence-electron chi connectivity index (χ2n) is 5.52. The Balaban J connectivity index is 2.01. The van der Waals surface area contributed by atoms with E-state index in [4.69, 9.17) is 4.74 Å². The summed E-state index contributed by atoms with van der Waals surface area (Å²) in [7, 11) is 1.58. The molecule has 23 heavy (non-hydrogen) atoms. The lowest BCUT2D eigenvalue weighted by molar-refractivity contribution is -0.116. The van der Waals surface area contributed by atoms with E-state index in [2.05, 4.69) is 5.32 Å². The lowest BCUT2D eigenvalue weighted by Gasteiger charge is -2.28. The molecule has 1 atom stereocenters. The summed E-state index contributed by atoms with van der Waals surface area (Å²) in [4.78, 5) is 26.6. The Hall–Kier alpha value is -2.82. The average Bonchev–Trinajstić information content (AvgIpc) is 2.68. The number of amides is 2. The van der Waals surface area contributed by atoms with Gasteiger partial charge in [0.1, 0.15) is 5.75 Å². The Morgan fingerprint density at radius 2 is 1.87 bits per heavy atom. The van der Waals surface area contributed by atoms with Crippen LogP contribution < -0.4 is 15.0 Å². The van der Waals surface area contributed by atoms with Gasteiger partial charge in [0.15, 0.2) is 0 Å². The van der Waals surface area contributed by atoms with Gasteiger partial charge in [-0.2, -0.15) is 0 Å². The third kappa shape index (κ3) is 2.90. The van der Waals surface area contributed by atoms with Gasteiger partial charge in [-0.25, -0.2) is 0 Å². The maximum Gasteiger partial charge on any atom is 0.258 e. The van der Waals surface area contributed by atoms with Gasteiger partial charge < -0.3 is 15.0 Å². The summed E-state index contributed by atoms with van der Waals surface area (Å²) in [6.45, 7) is 1.88. The molecule has 0 bridgehead atoms. The van der Waals surface area contributed by atoms with Crippen LogP contribution in [0.25, 0.3) is 0 Å². The molecule has 5 heteroatoms. The molecule has 0 spiro atoms. The number of carbonyl (C=O) groups is 2. The highest BCUT2D eigenvalue weighted by molar-refractivity contribution is 6.11. The van der Waals surface area contributed by atoms with Crippen molar-refractivity contribution in [2.24, 2.45) is 0 Å². The van der Waals surface area contributed by atoms with Gasteiger partial charge in [0, 0.05) is 18.0 Å². The number of benzene rings is 2. The van der Waals surface area contributed by atoms with Crippen LogP contribution in [-0.4, -0.2) is 25.0 Å². The Kier molecular flexibility index (Phi) is 4.02. The summed E-state index contributed by atoms with van der Waals surface area (Å²) < 4.78 is 5.13. The van der Waals surface area contributed by atoms with E-state index in [0.29, 0.717) is 22.7 Å². The molecule has 0 aliphatic carbocycles. The molecule has 3 rings (SSSR count). The van der Waals surface area contributed by atoms with Crippen molar-refractivity contribution in [1.29, 1.82) is 0 Å². The molecule has 0 fully saturated rings. The Bertz CT molecular complexity index is 740. The van der Waals surface area contributed by atoms with Crippen LogP contribution in [-0.2, 0) is 4.79 Å². The number of fused-ring (bicyclic) bond motifs is 1. The summed E-state index contributed by atoms with van der Waals surface area (Å²) in [5.41, 5.74) is 1.93. The van der Waals surface area contributed by atoms with Gasteiger partial charge in [-0.05, 0) is 43.3 Å². The van der Waals surface area contributed by atoms with E-state index in [1.54, 1.807) is 42.3 Å². The minimum absolute atomic E-state index is 0.0880. The highest BCUT2D eigenvalue weighted by Crippen LogP contribution is 2.32. The second kappa shape index (κ2) is 6.12. The first-order chi connectivity index (χ1) is 11.1. The highest BCUT2D eigenvalue weighted by Gasteiger charge is 2.30. The number of nitrogens with one attached hydrogen (secondary N) is 1. The molecule has 1 aliphatic rings. The van der Waals surface area contributed by atoms with Gasteiger partial charge in [0.25, 0.3) is 5.91 Å². The summed E-state index contributed by atoms with van der Waals surface area (Å²) in [5.74, 6) is 0.474. The number of carbonyl (C=O) groups excluding carboxylic acids is 2. The number of hydrogen-bond acceptors (Lipinski definition) is 3. The zero-order valence-corrected chi connectivity index (χ0v) is 13.1. The molecule has 2 amide bonds. The lowest BCUT2D eigenvalue weighted by Crippen LogP contribution is -2.39. The molecule has 0 radical (unpaired) electrons. The largest absolute Gasteiger partial charge is 0.497 e. The van der Waals surface area contributed by atoms with E-state index < -0.39 is 0 Å². The molecular weight excluding hydrogens is 292 g/mol. The zero-order chi connectivity index (χ0) is 16.4. The van der Waals surface area contributed by atoms with Crippen molar-refractivity contribution in [3.05, 3.63) is 54.1 Å². The molecule has 5 nitrogen and oxygen atoms in total. The molecule has 2 aromatic rings. The van der Waals surface area contributed by atoms with Gasteiger partial charge in [-0.15, -0.1) is 0 Å². The minimum Gasteiger partial charge on any atom is -0.497 e. The maximum atomic E-state index is 13.0. The van der Waals surface area contributed by atoms with Crippen LogP contribution in [0.5, 0.6) is 5.75 Å². The van der Waals surface area contributed by atoms with Crippen LogP contribution >= 0.6 is 0 Å². The highest BCUT2D eigenvalue weighted by atomic mass is 16.5. The van der Waals surface area contributed by atoms with E-state index in [0.717, 1.165) is 0 Å². The van der Waals surface area contributed by atoms with Crippen LogP contribution in [0.15, 0.2) is 48.5 Å². The quantitative estimate of drug-likeness (QED) is 0.927. The fourth-order valence-corrected chi connectivity index (χ4v) is 2.77. The first kappa shape index (κ1) is 15.1. The SMILES string of the molecule is COc1ccc(C(=O)N2c3ccccc3NC(=O)C[C@@H]2C)cc1. The Morgan fingerprint density at radius 1 is 1.17 bits per heavy atom. The smallest absolute Gasteiger partial charge is 0.258 e. The van der Waals surface area contributed by atoms with E-state index in [1.807, 2.05) is 25.1 Å². The van der Waals surface area contributed by atoms with Crippen molar-refractivity contribution in [1.82, 2.24) is 0 Å². The van der Waals surface area contributed by atoms with Crippen molar-refractivity contribution in [2.45, 2.75) is 19.4 Å². The molecule has 1 N–H and O–H groups in total. The van der Waals surface area contributed by atoms with Crippen LogP contribution in [0.4, 0.5) is 11.4 Å². The third-order valence-electron chi connectivity index (χ3n) is 3.92. The van der Waals surface area contributed by atoms with Crippen LogP contribution in [0.1, 0.15) is 23.7 Å². The summed E-state index contributed by atoms with van der Waals surface area (Å²) >= 11 is 0. The third-order valence-corrected chi connectivity index (χ3v) is 3.92. The normalized spacial score (nSPS) is 17.0. The second-order valence-corrected chi connectivity index (χ2v) is 5.52.